The summed E-state index contributed by atoms with van der Waals surface area (Å²) >= 11 is 0. The lowest BCUT2D eigenvalue weighted by Crippen LogP contribution is -2.47. The highest BCUT2D eigenvalue weighted by Gasteiger charge is 2.41. The van der Waals surface area contributed by atoms with Crippen molar-refractivity contribution in [2.45, 2.75) is 57.6 Å². The van der Waals surface area contributed by atoms with Gasteiger partial charge in [-0.3, -0.25) is 0 Å². The van der Waals surface area contributed by atoms with Gasteiger partial charge in [-0.2, -0.15) is 8.78 Å². The molecule has 0 saturated carbocycles. The number of guanidine groups is 1. The summed E-state index contributed by atoms with van der Waals surface area (Å²) in [5.74, 6) is 0.871. The van der Waals surface area contributed by atoms with E-state index >= 15 is 0 Å². The highest BCUT2D eigenvalue weighted by atomic mass is 19.3. The van der Waals surface area contributed by atoms with Crippen LogP contribution in [0.15, 0.2) is 29.3 Å². The number of hydrogen-bond donors (Lipinski definition) is 2. The monoisotopic (exact) mass is 339 g/mol. The first-order chi connectivity index (χ1) is 11.6. The van der Waals surface area contributed by atoms with Crippen molar-refractivity contribution in [1.82, 2.24) is 10.6 Å². The lowest BCUT2D eigenvalue weighted by molar-refractivity contribution is -0.0498. The fraction of sp³-hybridized carbons (Fsp3) is 0.588. The Morgan fingerprint density at radius 2 is 2.29 bits per heavy atom. The van der Waals surface area contributed by atoms with Crippen LogP contribution in [-0.4, -0.2) is 37.4 Å². The number of hydrogen-bond acceptors (Lipinski definition) is 3. The van der Waals surface area contributed by atoms with Gasteiger partial charge < -0.3 is 20.1 Å². The summed E-state index contributed by atoms with van der Waals surface area (Å²) in [5.41, 5.74) is 0.814. The van der Waals surface area contributed by atoms with Gasteiger partial charge in [0.1, 0.15) is 5.75 Å². The molecule has 0 amide bonds. The van der Waals surface area contributed by atoms with Gasteiger partial charge in [-0.15, -0.1) is 0 Å². The summed E-state index contributed by atoms with van der Waals surface area (Å²) in [7, 11) is 0. The Balaban J connectivity index is 1.61. The van der Waals surface area contributed by atoms with E-state index < -0.39 is 6.61 Å². The average molecular weight is 339 g/mol. The maximum absolute atomic E-state index is 12.3. The van der Waals surface area contributed by atoms with Crippen molar-refractivity contribution in [2.24, 2.45) is 4.99 Å². The lowest BCUT2D eigenvalue weighted by atomic mass is 9.96. The van der Waals surface area contributed by atoms with Gasteiger partial charge in [0, 0.05) is 6.54 Å². The van der Waals surface area contributed by atoms with Gasteiger partial charge in [-0.25, -0.2) is 4.99 Å². The molecule has 7 heteroatoms. The molecular weight excluding hydrogens is 316 g/mol. The number of ether oxygens (including phenoxy) is 2. The first-order valence-electron chi connectivity index (χ1n) is 8.38. The highest BCUT2D eigenvalue weighted by molar-refractivity contribution is 5.80. The molecular formula is C17H23F2N3O2. The van der Waals surface area contributed by atoms with Crippen molar-refractivity contribution < 1.29 is 18.3 Å². The van der Waals surface area contributed by atoms with E-state index in [1.165, 1.54) is 6.07 Å². The molecule has 2 heterocycles. The molecule has 0 aliphatic carbocycles. The van der Waals surface area contributed by atoms with Crippen LogP contribution in [0.3, 0.4) is 0 Å². The Morgan fingerprint density at radius 3 is 2.96 bits per heavy atom. The Labute approximate surface area is 140 Å². The average Bonchev–Trinajstić information content (AvgIpc) is 3.15. The van der Waals surface area contributed by atoms with Crippen molar-refractivity contribution in [1.29, 1.82) is 0 Å². The molecule has 1 aromatic carbocycles. The topological polar surface area (TPSA) is 54.9 Å². The van der Waals surface area contributed by atoms with Gasteiger partial charge in [-0.05, 0) is 43.9 Å². The fourth-order valence-corrected chi connectivity index (χ4v) is 3.28. The van der Waals surface area contributed by atoms with Crippen LogP contribution in [0.5, 0.6) is 5.75 Å². The minimum atomic E-state index is -2.82. The molecule has 0 spiro atoms. The third-order valence-electron chi connectivity index (χ3n) is 4.32. The Bertz CT molecular complexity index is 583. The van der Waals surface area contributed by atoms with E-state index in [2.05, 4.69) is 20.4 Å². The molecule has 2 aliphatic rings. The standard InChI is InChI=1S/C17H23F2N3O2/c1-2-20-17(22-14-9-13-6-7-15(14)23-13)21-10-11-4-3-5-12(8-11)24-16(18)19/h3-5,8,13-16H,2,6-7,9-10H2,1H3,(H2,20,21,22). The second-order valence-electron chi connectivity index (χ2n) is 6.08. The van der Waals surface area contributed by atoms with Crippen LogP contribution in [0.1, 0.15) is 31.7 Å². The first-order valence-corrected chi connectivity index (χ1v) is 8.38. The second-order valence-corrected chi connectivity index (χ2v) is 6.08. The number of fused-ring (bicyclic) bond motifs is 2. The van der Waals surface area contributed by atoms with Crippen LogP contribution in [0.25, 0.3) is 0 Å². The van der Waals surface area contributed by atoms with Gasteiger partial charge in [0.25, 0.3) is 0 Å². The minimum absolute atomic E-state index is 0.150. The molecule has 2 N–H and O–H groups in total. The predicted octanol–water partition coefficient (Wildman–Crippen LogP) is 2.66. The minimum Gasteiger partial charge on any atom is -0.435 e. The summed E-state index contributed by atoms with van der Waals surface area (Å²) in [5, 5.41) is 6.65. The zero-order valence-corrected chi connectivity index (χ0v) is 13.7. The smallest absolute Gasteiger partial charge is 0.387 e. The van der Waals surface area contributed by atoms with Crippen LogP contribution in [0.2, 0.25) is 0 Å². The molecule has 3 unspecified atom stereocenters. The Kier molecular flexibility index (Phi) is 5.50. The predicted molar refractivity (Wildman–Crippen MR) is 87.3 cm³/mol. The largest absolute Gasteiger partial charge is 0.435 e. The van der Waals surface area contributed by atoms with Gasteiger partial charge in [0.05, 0.1) is 24.8 Å². The van der Waals surface area contributed by atoms with Crippen LogP contribution < -0.4 is 15.4 Å². The van der Waals surface area contributed by atoms with Crippen molar-refractivity contribution >= 4 is 5.96 Å². The molecule has 132 valence electrons. The Morgan fingerprint density at radius 1 is 1.42 bits per heavy atom. The number of nitrogens with one attached hydrogen (secondary N) is 2. The van der Waals surface area contributed by atoms with E-state index in [0.29, 0.717) is 12.6 Å². The maximum Gasteiger partial charge on any atom is 0.387 e. The first kappa shape index (κ1) is 17.0. The van der Waals surface area contributed by atoms with E-state index in [9.17, 15) is 8.78 Å². The molecule has 2 fully saturated rings. The molecule has 0 radical (unpaired) electrons. The number of rotatable bonds is 6. The Hall–Kier alpha value is -1.89. The van der Waals surface area contributed by atoms with Gasteiger partial charge in [-0.1, -0.05) is 12.1 Å². The van der Waals surface area contributed by atoms with Gasteiger partial charge in [0.2, 0.25) is 0 Å². The number of benzene rings is 1. The molecule has 3 rings (SSSR count). The SMILES string of the molecule is CCNC(=NCc1cccc(OC(F)F)c1)NC1CC2CCC1O2. The van der Waals surface area contributed by atoms with E-state index in [-0.39, 0.29) is 17.9 Å². The normalized spacial score (nSPS) is 26.0. The van der Waals surface area contributed by atoms with Crippen molar-refractivity contribution in [3.8, 4) is 5.75 Å². The molecule has 24 heavy (non-hydrogen) atoms. The lowest BCUT2D eigenvalue weighted by Gasteiger charge is -2.22. The summed E-state index contributed by atoms with van der Waals surface area (Å²) in [4.78, 5) is 4.55. The van der Waals surface area contributed by atoms with Gasteiger partial charge >= 0.3 is 6.61 Å². The number of halogens is 2. The summed E-state index contributed by atoms with van der Waals surface area (Å²) in [6.45, 7) is 0.325. The van der Waals surface area contributed by atoms with Crippen LogP contribution in [0, 0.1) is 0 Å². The molecule has 0 aromatic heterocycles. The second kappa shape index (κ2) is 7.79. The van der Waals surface area contributed by atoms with Crippen molar-refractivity contribution in [2.75, 3.05) is 6.54 Å². The summed E-state index contributed by atoms with van der Waals surface area (Å²) < 4.78 is 34.8. The molecule has 5 nitrogen and oxygen atoms in total. The molecule has 2 saturated heterocycles. The summed E-state index contributed by atoms with van der Waals surface area (Å²) in [6, 6.07) is 6.91. The van der Waals surface area contributed by atoms with Crippen molar-refractivity contribution in [3.05, 3.63) is 29.8 Å². The van der Waals surface area contributed by atoms with Crippen LogP contribution >= 0.6 is 0 Å². The summed E-state index contributed by atoms with van der Waals surface area (Å²) in [6.07, 6.45) is 3.88. The van der Waals surface area contributed by atoms with Gasteiger partial charge in [0.15, 0.2) is 5.96 Å². The number of alkyl halides is 2. The molecule has 2 bridgehead atoms. The van der Waals surface area contributed by atoms with Crippen molar-refractivity contribution in [3.63, 3.8) is 0 Å². The number of aliphatic imine (C=N–C) groups is 1. The third kappa shape index (κ3) is 4.35. The zero-order valence-electron chi connectivity index (χ0n) is 13.7. The van der Waals surface area contributed by atoms with Crippen LogP contribution in [0.4, 0.5) is 8.78 Å². The molecule has 2 aliphatic heterocycles. The molecule has 1 aromatic rings. The fourth-order valence-electron chi connectivity index (χ4n) is 3.28. The quantitative estimate of drug-likeness (QED) is 0.618. The van der Waals surface area contributed by atoms with E-state index in [0.717, 1.165) is 37.3 Å². The van der Waals surface area contributed by atoms with E-state index in [1.807, 2.05) is 13.0 Å². The molecule has 3 atom stereocenters. The van der Waals surface area contributed by atoms with E-state index in [1.54, 1.807) is 12.1 Å². The van der Waals surface area contributed by atoms with E-state index in [4.69, 9.17) is 4.74 Å². The third-order valence-corrected chi connectivity index (χ3v) is 4.32. The van der Waals surface area contributed by atoms with Crippen LogP contribution in [-0.2, 0) is 11.3 Å². The number of nitrogens with zero attached hydrogens (tertiary/aromatic N) is 1. The zero-order chi connectivity index (χ0) is 16.9. The highest BCUT2D eigenvalue weighted by Crippen LogP contribution is 2.34. The maximum atomic E-state index is 12.3.